The molecule has 2 aromatic heterocycles. The number of aromatic nitrogens is 2. The average Bonchev–Trinajstić information content (AvgIpc) is 3.07. The maximum absolute atomic E-state index is 13.8. The molecule has 1 aromatic carbocycles. The number of ether oxygens (including phenoxy) is 1. The lowest BCUT2D eigenvalue weighted by molar-refractivity contribution is -0.121. The summed E-state index contributed by atoms with van der Waals surface area (Å²) in [6, 6.07) is 4.40. The van der Waals surface area contributed by atoms with Crippen LogP contribution in [0.15, 0.2) is 29.8 Å². The molecule has 3 heterocycles. The van der Waals surface area contributed by atoms with Gasteiger partial charge in [-0.25, -0.2) is 9.37 Å². The summed E-state index contributed by atoms with van der Waals surface area (Å²) in [7, 11) is 1.55. The van der Waals surface area contributed by atoms with E-state index in [0.29, 0.717) is 17.9 Å². The van der Waals surface area contributed by atoms with Gasteiger partial charge in [-0.2, -0.15) is 0 Å². The molecule has 0 saturated carbocycles. The van der Waals surface area contributed by atoms with Gasteiger partial charge in [0, 0.05) is 29.5 Å². The molecular weight excluding hydrogens is 317 g/mol. The van der Waals surface area contributed by atoms with Gasteiger partial charge in [0.15, 0.2) is 4.96 Å². The predicted octanol–water partition coefficient (Wildman–Crippen LogP) is 2.70. The third kappa shape index (κ3) is 2.28. The zero-order chi connectivity index (χ0) is 16.0. The first-order valence-electron chi connectivity index (χ1n) is 7.22. The Morgan fingerprint density at radius 3 is 3.17 bits per heavy atom. The number of methoxy groups -OCH3 is 1. The zero-order valence-electron chi connectivity index (χ0n) is 12.4. The fraction of sp³-hybridized carbons (Fsp3) is 0.250. The number of nitrogens with one attached hydrogen (secondary N) is 1. The number of thiazole rings is 1. The summed E-state index contributed by atoms with van der Waals surface area (Å²) in [5.74, 6) is -0.161. The first-order valence-corrected chi connectivity index (χ1v) is 8.10. The number of fused-ring (bicyclic) bond motifs is 3. The van der Waals surface area contributed by atoms with Gasteiger partial charge in [0.05, 0.1) is 25.0 Å². The quantitative estimate of drug-likeness (QED) is 0.785. The summed E-state index contributed by atoms with van der Waals surface area (Å²) in [4.78, 5) is 17.6. The molecule has 118 valence electrons. The van der Waals surface area contributed by atoms with Crippen LogP contribution >= 0.6 is 11.3 Å². The van der Waals surface area contributed by atoms with Gasteiger partial charge in [0.2, 0.25) is 5.91 Å². The van der Waals surface area contributed by atoms with Crippen molar-refractivity contribution in [2.24, 2.45) is 0 Å². The largest absolute Gasteiger partial charge is 0.496 e. The van der Waals surface area contributed by atoms with Crippen LogP contribution < -0.4 is 10.1 Å². The second-order valence-corrected chi connectivity index (χ2v) is 6.29. The minimum absolute atomic E-state index is 0.0803. The second-order valence-electron chi connectivity index (χ2n) is 5.42. The van der Waals surface area contributed by atoms with E-state index >= 15 is 0 Å². The molecule has 0 aliphatic carbocycles. The molecule has 0 spiro atoms. The zero-order valence-corrected chi connectivity index (χ0v) is 13.2. The van der Waals surface area contributed by atoms with Crippen LogP contribution in [-0.4, -0.2) is 22.4 Å². The molecule has 5 nitrogen and oxygen atoms in total. The molecule has 0 unspecified atom stereocenters. The molecule has 23 heavy (non-hydrogen) atoms. The van der Waals surface area contributed by atoms with Crippen molar-refractivity contribution in [3.05, 3.63) is 52.5 Å². The van der Waals surface area contributed by atoms with Crippen LogP contribution in [0.5, 0.6) is 5.75 Å². The van der Waals surface area contributed by atoms with E-state index in [-0.39, 0.29) is 24.1 Å². The molecule has 1 atom stereocenters. The van der Waals surface area contributed by atoms with Gasteiger partial charge >= 0.3 is 0 Å². The SMILES string of the molecule is COc1ccc(F)cc1[C@@H]1CC(=O)NCc2nc3sccn3c21. The number of amides is 1. The summed E-state index contributed by atoms with van der Waals surface area (Å²) in [5.41, 5.74) is 2.40. The van der Waals surface area contributed by atoms with E-state index < -0.39 is 0 Å². The molecule has 1 aliphatic heterocycles. The minimum Gasteiger partial charge on any atom is -0.496 e. The summed E-state index contributed by atoms with van der Waals surface area (Å²) >= 11 is 1.53. The van der Waals surface area contributed by atoms with Gasteiger partial charge in [0.1, 0.15) is 11.6 Å². The van der Waals surface area contributed by atoms with Gasteiger partial charge in [-0.1, -0.05) is 0 Å². The smallest absolute Gasteiger partial charge is 0.221 e. The van der Waals surface area contributed by atoms with Crippen molar-refractivity contribution in [3.63, 3.8) is 0 Å². The first-order chi connectivity index (χ1) is 11.2. The molecule has 0 radical (unpaired) electrons. The molecule has 1 amide bonds. The van der Waals surface area contributed by atoms with Crippen LogP contribution in [0.4, 0.5) is 4.39 Å². The Labute approximate surface area is 135 Å². The molecule has 1 N–H and O–H groups in total. The topological polar surface area (TPSA) is 55.6 Å². The Hall–Kier alpha value is -2.41. The second kappa shape index (κ2) is 5.34. The monoisotopic (exact) mass is 331 g/mol. The maximum atomic E-state index is 13.8. The fourth-order valence-corrected chi connectivity index (χ4v) is 3.86. The van der Waals surface area contributed by atoms with Crippen LogP contribution in [0, 0.1) is 5.82 Å². The molecule has 3 aromatic rings. The molecule has 4 rings (SSSR count). The molecule has 7 heteroatoms. The highest BCUT2D eigenvalue weighted by molar-refractivity contribution is 7.15. The first kappa shape index (κ1) is 14.2. The summed E-state index contributed by atoms with van der Waals surface area (Å²) < 4.78 is 21.2. The number of hydrogen-bond donors (Lipinski definition) is 1. The third-order valence-corrected chi connectivity index (χ3v) is 4.87. The van der Waals surface area contributed by atoms with Gasteiger partial charge in [0.25, 0.3) is 0 Å². The number of halogens is 1. The summed E-state index contributed by atoms with van der Waals surface area (Å²) in [5, 5.41) is 4.81. The van der Waals surface area contributed by atoms with Crippen molar-refractivity contribution in [1.29, 1.82) is 0 Å². The van der Waals surface area contributed by atoms with Crippen LogP contribution in [0.25, 0.3) is 4.96 Å². The van der Waals surface area contributed by atoms with E-state index in [0.717, 1.165) is 16.3 Å². The number of benzene rings is 1. The normalized spacial score (nSPS) is 17.7. The number of hydrogen-bond acceptors (Lipinski definition) is 4. The average molecular weight is 331 g/mol. The van der Waals surface area contributed by atoms with Gasteiger partial charge in [-0.15, -0.1) is 11.3 Å². The molecule has 0 bridgehead atoms. The van der Waals surface area contributed by atoms with E-state index in [1.54, 1.807) is 13.2 Å². The Morgan fingerprint density at radius 2 is 2.35 bits per heavy atom. The van der Waals surface area contributed by atoms with Crippen LogP contribution in [0.2, 0.25) is 0 Å². The summed E-state index contributed by atoms with van der Waals surface area (Å²) in [6.45, 7) is 0.386. The molecule has 0 saturated heterocycles. The number of carbonyl (C=O) groups is 1. The predicted molar refractivity (Wildman–Crippen MR) is 84.3 cm³/mol. The lowest BCUT2D eigenvalue weighted by atomic mass is 9.90. The van der Waals surface area contributed by atoms with E-state index in [1.165, 1.54) is 23.5 Å². The maximum Gasteiger partial charge on any atom is 0.221 e. The number of imidazole rings is 1. The number of rotatable bonds is 2. The number of nitrogens with zero attached hydrogens (tertiary/aromatic N) is 2. The van der Waals surface area contributed by atoms with Gasteiger partial charge < -0.3 is 10.1 Å². The van der Waals surface area contributed by atoms with E-state index in [1.807, 2.05) is 16.0 Å². The lowest BCUT2D eigenvalue weighted by Gasteiger charge is -2.18. The fourth-order valence-electron chi connectivity index (χ4n) is 3.12. The van der Waals surface area contributed by atoms with Gasteiger partial charge in [-0.3, -0.25) is 9.20 Å². The van der Waals surface area contributed by atoms with Crippen molar-refractivity contribution >= 4 is 22.2 Å². The Bertz CT molecular complexity index is 902. The minimum atomic E-state index is -0.349. The highest BCUT2D eigenvalue weighted by Crippen LogP contribution is 2.38. The number of carbonyl (C=O) groups excluding carboxylic acids is 1. The molecule has 1 aliphatic rings. The Kier molecular flexibility index (Phi) is 3.30. The van der Waals surface area contributed by atoms with E-state index in [4.69, 9.17) is 4.74 Å². The van der Waals surface area contributed by atoms with Crippen LogP contribution in [0.1, 0.15) is 29.3 Å². The standard InChI is InChI=1S/C16H14FN3O2S/c1-22-13-3-2-9(17)6-10(13)11-7-14(21)18-8-12-15(11)20-4-5-23-16(20)19-12/h2-6,11H,7-8H2,1H3,(H,18,21)/t11-/m0/s1. The van der Waals surface area contributed by atoms with Crippen molar-refractivity contribution in [3.8, 4) is 5.75 Å². The highest BCUT2D eigenvalue weighted by atomic mass is 32.1. The van der Waals surface area contributed by atoms with Crippen LogP contribution in [-0.2, 0) is 11.3 Å². The van der Waals surface area contributed by atoms with Crippen molar-refractivity contribution in [1.82, 2.24) is 14.7 Å². The Balaban J connectivity index is 1.96. The lowest BCUT2D eigenvalue weighted by Crippen LogP contribution is -2.21. The Morgan fingerprint density at radius 1 is 1.48 bits per heavy atom. The third-order valence-electron chi connectivity index (χ3n) is 4.12. The van der Waals surface area contributed by atoms with E-state index in [9.17, 15) is 9.18 Å². The molecule has 0 fully saturated rings. The van der Waals surface area contributed by atoms with Crippen LogP contribution in [0.3, 0.4) is 0 Å². The van der Waals surface area contributed by atoms with Gasteiger partial charge in [-0.05, 0) is 18.2 Å². The van der Waals surface area contributed by atoms with Crippen molar-refractivity contribution in [2.75, 3.05) is 7.11 Å². The molecular formula is C16H14FN3O2S. The van der Waals surface area contributed by atoms with E-state index in [2.05, 4.69) is 10.3 Å². The summed E-state index contributed by atoms with van der Waals surface area (Å²) in [6.07, 6.45) is 2.16. The van der Waals surface area contributed by atoms with Crippen molar-refractivity contribution in [2.45, 2.75) is 18.9 Å². The van der Waals surface area contributed by atoms with Crippen molar-refractivity contribution < 1.29 is 13.9 Å². The highest BCUT2D eigenvalue weighted by Gasteiger charge is 2.31.